The third-order valence-corrected chi connectivity index (χ3v) is 9.95. The van der Waals surface area contributed by atoms with Gasteiger partial charge in [0.1, 0.15) is 10.8 Å². The Labute approximate surface area is 222 Å². The number of carboxylic acid groups (broad SMARTS) is 1. The number of rotatable bonds is 8. The van der Waals surface area contributed by atoms with Crippen molar-refractivity contribution in [1.29, 1.82) is 5.26 Å². The average Bonchev–Trinajstić information content (AvgIpc) is 3.24. The van der Waals surface area contributed by atoms with Gasteiger partial charge in [-0.25, -0.2) is 8.42 Å². The average molecular weight is 569 g/mol. The molecule has 2 aromatic rings. The number of nitriles is 1. The van der Waals surface area contributed by atoms with E-state index in [4.69, 9.17) is 10.5 Å². The Morgan fingerprint density at radius 3 is 2.41 bits per heavy atom. The first-order valence-electron chi connectivity index (χ1n) is 12.0. The predicted molar refractivity (Wildman–Crippen MR) is 129 cm³/mol. The van der Waals surface area contributed by atoms with Gasteiger partial charge in [0.25, 0.3) is 0 Å². The number of benzene rings is 1. The molecule has 39 heavy (non-hydrogen) atoms. The minimum Gasteiger partial charge on any atom is -0.481 e. The zero-order valence-corrected chi connectivity index (χ0v) is 22.1. The van der Waals surface area contributed by atoms with Gasteiger partial charge in [-0.05, 0) is 50.8 Å². The maximum Gasteiger partial charge on any atom is 0.417 e. The molecule has 1 aromatic carbocycles. The van der Waals surface area contributed by atoms with Crippen LogP contribution in [-0.2, 0) is 37.4 Å². The second-order valence-electron chi connectivity index (χ2n) is 10.4. The molecular formula is C25H27F3N4O6S. The molecule has 0 bridgehead atoms. The van der Waals surface area contributed by atoms with Crippen molar-refractivity contribution in [2.24, 2.45) is 29.5 Å². The van der Waals surface area contributed by atoms with Gasteiger partial charge in [0.15, 0.2) is 9.84 Å². The Morgan fingerprint density at radius 2 is 1.95 bits per heavy atom. The Balaban J connectivity index is 1.82. The van der Waals surface area contributed by atoms with Crippen molar-refractivity contribution >= 4 is 21.7 Å². The van der Waals surface area contributed by atoms with Gasteiger partial charge in [-0.3, -0.25) is 14.3 Å². The Morgan fingerprint density at radius 1 is 1.28 bits per heavy atom. The van der Waals surface area contributed by atoms with Gasteiger partial charge in [-0.1, -0.05) is 6.07 Å². The monoisotopic (exact) mass is 568 g/mol. The van der Waals surface area contributed by atoms with E-state index in [1.54, 1.807) is 27.0 Å². The molecule has 5 atom stereocenters. The topological polar surface area (TPSA) is 165 Å². The number of carboxylic acids is 1. The van der Waals surface area contributed by atoms with Crippen molar-refractivity contribution in [3.8, 4) is 17.2 Å². The summed E-state index contributed by atoms with van der Waals surface area (Å²) in [6, 6.07) is 4.59. The molecule has 0 radical (unpaired) electrons. The van der Waals surface area contributed by atoms with E-state index >= 15 is 0 Å². The van der Waals surface area contributed by atoms with Gasteiger partial charge in [0, 0.05) is 24.7 Å². The van der Waals surface area contributed by atoms with Crippen LogP contribution in [0.4, 0.5) is 13.2 Å². The number of nitrogens with two attached hydrogens (primary N) is 1. The van der Waals surface area contributed by atoms with E-state index in [1.807, 2.05) is 0 Å². The third kappa shape index (κ3) is 4.57. The Hall–Kier alpha value is -3.44. The number of nitrogens with zero attached hydrogens (tertiary/aromatic N) is 3. The molecule has 210 valence electrons. The fourth-order valence-electron chi connectivity index (χ4n) is 5.79. The van der Waals surface area contributed by atoms with E-state index in [1.165, 1.54) is 23.1 Å². The van der Waals surface area contributed by atoms with Crippen LogP contribution >= 0.6 is 0 Å². The quantitative estimate of drug-likeness (QED) is 0.491. The molecule has 1 aromatic heterocycles. The van der Waals surface area contributed by atoms with Gasteiger partial charge in [0.2, 0.25) is 5.91 Å². The summed E-state index contributed by atoms with van der Waals surface area (Å²) in [5, 5.41) is 22.3. The van der Waals surface area contributed by atoms with Crippen LogP contribution in [0.15, 0.2) is 35.5 Å². The molecule has 1 heterocycles. The maximum atomic E-state index is 14.2. The molecule has 2 aliphatic carbocycles. The number of carbonyl (C=O) groups is 2. The standard InChI is InChI=1S/C25H27F3N4O6S/c1-13(2)38-20-7-16(8-24(20,22(34)35)19-9-23(19,12-29)21(30)33)39(36,37)18-5-4-14(6-17(18)25(26,27)28)15-10-31-32(3)11-15/h4-6,10-11,13,16,19-20H,7-9H2,1-3H3,(H2,30,33)(H,34,35)/t16-,19?,20+,23?,24+/m0/s1. The van der Waals surface area contributed by atoms with Gasteiger partial charge in [0.05, 0.1) is 40.2 Å². The lowest BCUT2D eigenvalue weighted by molar-refractivity contribution is -0.163. The number of sulfone groups is 1. The van der Waals surface area contributed by atoms with Crippen LogP contribution in [0.5, 0.6) is 0 Å². The van der Waals surface area contributed by atoms with Crippen molar-refractivity contribution in [1.82, 2.24) is 9.78 Å². The molecule has 0 saturated heterocycles. The van der Waals surface area contributed by atoms with Crippen molar-refractivity contribution in [2.75, 3.05) is 0 Å². The number of hydrogen-bond donors (Lipinski definition) is 2. The molecule has 1 amide bonds. The van der Waals surface area contributed by atoms with E-state index in [9.17, 15) is 41.5 Å². The van der Waals surface area contributed by atoms with Gasteiger partial charge >= 0.3 is 12.1 Å². The summed E-state index contributed by atoms with van der Waals surface area (Å²) in [7, 11) is -3.19. The molecule has 10 nitrogen and oxygen atoms in total. The summed E-state index contributed by atoms with van der Waals surface area (Å²) in [6.45, 7) is 3.18. The normalized spacial score (nSPS) is 28.8. The van der Waals surface area contributed by atoms with Crippen LogP contribution in [0.25, 0.3) is 11.1 Å². The van der Waals surface area contributed by atoms with Crippen LogP contribution in [-0.4, -0.2) is 52.6 Å². The molecular weight excluding hydrogens is 541 g/mol. The highest BCUT2D eigenvalue weighted by atomic mass is 32.2. The Kier molecular flexibility index (Phi) is 6.84. The molecule has 2 fully saturated rings. The fourth-order valence-corrected chi connectivity index (χ4v) is 7.81. The van der Waals surface area contributed by atoms with E-state index in [0.29, 0.717) is 5.56 Å². The van der Waals surface area contributed by atoms with Gasteiger partial charge in [-0.15, -0.1) is 0 Å². The minimum atomic E-state index is -5.05. The highest BCUT2D eigenvalue weighted by Crippen LogP contribution is 2.67. The van der Waals surface area contributed by atoms with Crippen molar-refractivity contribution in [2.45, 2.75) is 61.6 Å². The van der Waals surface area contributed by atoms with Gasteiger partial charge < -0.3 is 15.6 Å². The molecule has 2 unspecified atom stereocenters. The van der Waals surface area contributed by atoms with E-state index < -0.39 is 85.4 Å². The number of aryl methyl sites for hydroxylation is 1. The number of amides is 1. The van der Waals surface area contributed by atoms with E-state index in [2.05, 4.69) is 5.10 Å². The maximum absolute atomic E-state index is 14.2. The summed E-state index contributed by atoms with van der Waals surface area (Å²) in [4.78, 5) is 23.8. The number of halogens is 3. The number of aromatic nitrogens is 2. The molecule has 0 aliphatic heterocycles. The smallest absolute Gasteiger partial charge is 0.417 e. The van der Waals surface area contributed by atoms with Crippen LogP contribution in [0.1, 0.15) is 38.7 Å². The minimum absolute atomic E-state index is 0.0972. The fraction of sp³-hybridized carbons (Fsp3) is 0.520. The number of aliphatic carboxylic acids is 1. The van der Waals surface area contributed by atoms with E-state index in [-0.39, 0.29) is 12.0 Å². The van der Waals surface area contributed by atoms with Crippen LogP contribution in [0, 0.1) is 28.1 Å². The first kappa shape index (κ1) is 28.6. The number of hydrogen-bond acceptors (Lipinski definition) is 7. The zero-order chi connectivity index (χ0) is 29.1. The highest BCUT2D eigenvalue weighted by molar-refractivity contribution is 7.92. The van der Waals surface area contributed by atoms with Crippen LogP contribution in [0.2, 0.25) is 0 Å². The summed E-state index contributed by atoms with van der Waals surface area (Å²) in [5.74, 6) is -3.71. The van der Waals surface area contributed by atoms with Crippen molar-refractivity contribution in [3.63, 3.8) is 0 Å². The summed E-state index contributed by atoms with van der Waals surface area (Å²) in [5.41, 5.74) is 0.589. The molecule has 2 aliphatic rings. The number of carbonyl (C=O) groups excluding carboxylic acids is 1. The van der Waals surface area contributed by atoms with Crippen molar-refractivity contribution in [3.05, 3.63) is 36.2 Å². The number of alkyl halides is 3. The number of ether oxygens (including phenoxy) is 1. The SMILES string of the molecule is CC(C)O[C@@H]1C[C@H](S(=O)(=O)c2ccc(-c3cnn(C)c3)cc2C(F)(F)F)C[C@@]1(C(=O)O)C1CC1(C#N)C(N)=O. The third-order valence-electron chi connectivity index (χ3n) is 7.74. The van der Waals surface area contributed by atoms with Crippen molar-refractivity contribution < 1.29 is 41.0 Å². The van der Waals surface area contributed by atoms with Gasteiger partial charge in [-0.2, -0.15) is 23.5 Å². The lowest BCUT2D eigenvalue weighted by Crippen LogP contribution is -2.45. The Bertz CT molecular complexity index is 1480. The molecule has 3 N–H and O–H groups in total. The largest absolute Gasteiger partial charge is 0.481 e. The van der Waals surface area contributed by atoms with E-state index in [0.717, 1.165) is 12.1 Å². The molecule has 4 rings (SSSR count). The number of primary amides is 1. The lowest BCUT2D eigenvalue weighted by atomic mass is 9.75. The van der Waals surface area contributed by atoms with Crippen LogP contribution in [0.3, 0.4) is 0 Å². The lowest BCUT2D eigenvalue weighted by Gasteiger charge is -2.33. The molecule has 2 saturated carbocycles. The van der Waals surface area contributed by atoms with Crippen LogP contribution < -0.4 is 5.73 Å². The molecule has 0 spiro atoms. The first-order chi connectivity index (χ1) is 18.0. The summed E-state index contributed by atoms with van der Waals surface area (Å²) < 4.78 is 77.3. The second-order valence-corrected chi connectivity index (χ2v) is 12.6. The summed E-state index contributed by atoms with van der Waals surface area (Å²) >= 11 is 0. The highest BCUT2D eigenvalue weighted by Gasteiger charge is 2.75. The first-order valence-corrected chi connectivity index (χ1v) is 13.6. The summed E-state index contributed by atoms with van der Waals surface area (Å²) in [6.07, 6.45) is -5.41. The second kappa shape index (κ2) is 9.34. The molecule has 14 heteroatoms. The zero-order valence-electron chi connectivity index (χ0n) is 21.3. The predicted octanol–water partition coefficient (Wildman–Crippen LogP) is 2.92.